The van der Waals surface area contributed by atoms with Gasteiger partial charge in [-0.2, -0.15) is 11.1 Å². The molecule has 10 N–H and O–H groups in total. The maximum absolute atomic E-state index is 13.2. The monoisotopic (exact) mass is 511 g/mol. The molecule has 0 bridgehead atoms. The number of rotatable bonds is 6. The topological polar surface area (TPSA) is 205 Å². The Morgan fingerprint density at radius 2 is 1.76 bits per heavy atom. The summed E-state index contributed by atoms with van der Waals surface area (Å²) in [6.45, 7) is 0.892. The number of nitrogen functional groups attached to an aromatic ring is 1. The zero-order chi connectivity index (χ0) is 23.4. The number of hydrazine groups is 3. The van der Waals surface area contributed by atoms with Crippen molar-refractivity contribution < 1.29 is 16.8 Å². The van der Waals surface area contributed by atoms with E-state index in [-0.39, 0.29) is 11.6 Å². The molecule has 1 aromatic heterocycles. The van der Waals surface area contributed by atoms with Gasteiger partial charge in [0.25, 0.3) is 0 Å². The highest BCUT2D eigenvalue weighted by molar-refractivity contribution is 7.92. The van der Waals surface area contributed by atoms with Crippen molar-refractivity contribution in [2.45, 2.75) is 22.0 Å². The molecular weight excluding hydrogens is 490 g/mol. The van der Waals surface area contributed by atoms with Crippen LogP contribution in [0.1, 0.15) is 11.7 Å². The summed E-state index contributed by atoms with van der Waals surface area (Å²) in [5.74, 6) is 0. The molecule has 2 saturated heterocycles. The van der Waals surface area contributed by atoms with E-state index >= 15 is 0 Å². The lowest BCUT2D eigenvalue weighted by molar-refractivity contribution is 0.409. The number of thiazole rings is 1. The third-order valence-electron chi connectivity index (χ3n) is 5.35. The summed E-state index contributed by atoms with van der Waals surface area (Å²) in [5, 5.41) is 8.92. The quantitative estimate of drug-likeness (QED) is 0.192. The molecule has 16 heteroatoms. The molecule has 0 atom stereocenters. The normalized spacial score (nSPS) is 18.1. The average molecular weight is 512 g/mol. The summed E-state index contributed by atoms with van der Waals surface area (Å²) in [4.78, 5) is 3.43. The number of primary sulfonamides is 1. The maximum atomic E-state index is 13.2. The number of nitrogens with two attached hydrogens (primary N) is 2. The second kappa shape index (κ2) is 8.20. The van der Waals surface area contributed by atoms with Gasteiger partial charge < -0.3 is 11.1 Å². The fraction of sp³-hybridized carbons (Fsp3) is 0.235. The van der Waals surface area contributed by atoms with E-state index in [0.29, 0.717) is 34.9 Å². The fourth-order valence-corrected chi connectivity index (χ4v) is 7.50. The Kier molecular flexibility index (Phi) is 5.60. The van der Waals surface area contributed by atoms with Crippen molar-refractivity contribution in [3.8, 4) is 11.1 Å². The van der Waals surface area contributed by atoms with Gasteiger partial charge in [-0.25, -0.2) is 42.5 Å². The Balaban J connectivity index is 1.81. The van der Waals surface area contributed by atoms with Crippen LogP contribution in [0.25, 0.3) is 21.3 Å². The van der Waals surface area contributed by atoms with E-state index in [9.17, 15) is 16.8 Å². The summed E-state index contributed by atoms with van der Waals surface area (Å²) >= 11 is 1.29. The van der Waals surface area contributed by atoms with Gasteiger partial charge >= 0.3 is 0 Å². The predicted octanol–water partition coefficient (Wildman–Crippen LogP) is -1.44. The van der Waals surface area contributed by atoms with E-state index in [0.717, 1.165) is 4.70 Å². The van der Waals surface area contributed by atoms with Crippen molar-refractivity contribution >= 4 is 46.7 Å². The molecule has 0 aliphatic carbocycles. The Labute approximate surface area is 193 Å². The largest absolute Gasteiger partial charge is 0.375 e. The van der Waals surface area contributed by atoms with Crippen LogP contribution in [-0.2, 0) is 20.0 Å². The molecule has 0 unspecified atom stereocenters. The molecule has 2 aliphatic rings. The lowest BCUT2D eigenvalue weighted by atomic mass is 9.97. The van der Waals surface area contributed by atoms with Crippen LogP contribution in [0.4, 0.5) is 5.13 Å². The number of hydrogen-bond donors (Lipinski definition) is 8. The van der Waals surface area contributed by atoms with Crippen LogP contribution in [0, 0.1) is 0 Å². The van der Waals surface area contributed by atoms with Gasteiger partial charge in [0.05, 0.1) is 10.2 Å². The minimum atomic E-state index is -4.50. The van der Waals surface area contributed by atoms with Crippen LogP contribution in [0.15, 0.2) is 40.1 Å². The molecule has 2 aromatic carbocycles. The van der Waals surface area contributed by atoms with Crippen molar-refractivity contribution in [3.05, 3.63) is 35.9 Å². The van der Waals surface area contributed by atoms with Gasteiger partial charge in [0.1, 0.15) is 16.0 Å². The highest BCUT2D eigenvalue weighted by atomic mass is 32.2. The van der Waals surface area contributed by atoms with Gasteiger partial charge in [0.2, 0.25) is 20.0 Å². The number of aromatic nitrogens is 1. The van der Waals surface area contributed by atoms with Crippen molar-refractivity contribution in [3.63, 3.8) is 0 Å². The molecule has 33 heavy (non-hydrogen) atoms. The molecule has 0 amide bonds. The molecule has 176 valence electrons. The van der Waals surface area contributed by atoms with Crippen LogP contribution in [0.2, 0.25) is 0 Å². The van der Waals surface area contributed by atoms with Crippen molar-refractivity contribution in [2.75, 3.05) is 18.8 Å². The summed E-state index contributed by atoms with van der Waals surface area (Å²) in [6.07, 6.45) is -0.847. The van der Waals surface area contributed by atoms with E-state index in [2.05, 4.69) is 36.9 Å². The van der Waals surface area contributed by atoms with Gasteiger partial charge in [-0.3, -0.25) is 0 Å². The number of anilines is 1. The molecule has 13 nitrogen and oxygen atoms in total. The molecule has 3 aromatic rings. The van der Waals surface area contributed by atoms with Crippen molar-refractivity contribution in [1.82, 2.24) is 36.9 Å². The maximum Gasteiger partial charge on any atom is 0.242 e. The minimum absolute atomic E-state index is 0.115. The summed E-state index contributed by atoms with van der Waals surface area (Å²) in [5.41, 5.74) is 18.5. The Morgan fingerprint density at radius 3 is 2.39 bits per heavy atom. The van der Waals surface area contributed by atoms with Crippen LogP contribution in [0.3, 0.4) is 0 Å². The van der Waals surface area contributed by atoms with Crippen LogP contribution >= 0.6 is 11.3 Å². The van der Waals surface area contributed by atoms with E-state index in [1.54, 1.807) is 18.2 Å². The van der Waals surface area contributed by atoms with Crippen molar-refractivity contribution in [2.24, 2.45) is 5.14 Å². The third-order valence-corrected chi connectivity index (χ3v) is 8.90. The van der Waals surface area contributed by atoms with E-state index < -0.39 is 36.0 Å². The summed E-state index contributed by atoms with van der Waals surface area (Å²) in [7, 11) is -8.70. The number of nitrogens with zero attached hydrogens (tertiary/aromatic N) is 1. The first-order valence-electron chi connectivity index (χ1n) is 9.74. The highest BCUT2D eigenvalue weighted by Crippen LogP contribution is 2.40. The predicted molar refractivity (Wildman–Crippen MR) is 123 cm³/mol. The van der Waals surface area contributed by atoms with Gasteiger partial charge in [-0.05, 0) is 17.7 Å². The molecule has 5 rings (SSSR count). The number of fused-ring (bicyclic) bond motifs is 1. The van der Waals surface area contributed by atoms with E-state index in [1.165, 1.54) is 17.4 Å². The smallest absolute Gasteiger partial charge is 0.242 e. The first-order valence-corrected chi connectivity index (χ1v) is 13.6. The van der Waals surface area contributed by atoms with Crippen LogP contribution in [-0.4, -0.2) is 41.0 Å². The molecule has 0 radical (unpaired) electrons. The van der Waals surface area contributed by atoms with Crippen LogP contribution < -0.4 is 42.8 Å². The Morgan fingerprint density at radius 1 is 1.03 bits per heavy atom. The second-order valence-corrected chi connectivity index (χ2v) is 11.8. The summed E-state index contributed by atoms with van der Waals surface area (Å²) in [6, 6.07) is 7.84. The SMILES string of the molecule is Nc1nc2c(-c3ccc(S(=O)(=O)NC4CNC4)c(S(N)(=O)=O)c3C3NNNN3)cccc2s1. The lowest BCUT2D eigenvalue weighted by Crippen LogP contribution is -2.56. The lowest BCUT2D eigenvalue weighted by Gasteiger charge is -2.28. The first kappa shape index (κ1) is 22.5. The molecule has 2 fully saturated rings. The van der Waals surface area contributed by atoms with Crippen molar-refractivity contribution in [1.29, 1.82) is 0 Å². The Bertz CT molecular complexity index is 1450. The number of para-hydroxylation sites is 1. The second-order valence-electron chi connectivity index (χ2n) is 7.55. The van der Waals surface area contributed by atoms with E-state index in [1.807, 2.05) is 6.07 Å². The summed E-state index contributed by atoms with van der Waals surface area (Å²) < 4.78 is 55.4. The number of benzene rings is 2. The zero-order valence-electron chi connectivity index (χ0n) is 16.9. The fourth-order valence-electron chi connectivity index (χ4n) is 3.84. The van der Waals surface area contributed by atoms with Gasteiger partial charge in [0.15, 0.2) is 5.13 Å². The molecular formula is C17H21N9O4S3. The minimum Gasteiger partial charge on any atom is -0.375 e. The van der Waals surface area contributed by atoms with Gasteiger partial charge in [-0.1, -0.05) is 29.5 Å². The first-order chi connectivity index (χ1) is 15.6. The number of nitrogens with one attached hydrogen (secondary N) is 6. The highest BCUT2D eigenvalue weighted by Gasteiger charge is 2.36. The average Bonchev–Trinajstić information content (AvgIpc) is 3.37. The third kappa shape index (κ3) is 4.10. The standard InChI is InChI=1S/C17H21N9O4S3/c18-17-21-14-10(2-1-3-11(14)31-17)9-4-5-12(33(29,30)24-8-6-20-7-8)15(32(19,27)28)13(9)16-22-25-26-23-16/h1-5,8,16,20,22-26H,6-7H2,(H2,18,21)(H2,19,27,28). The molecule has 0 saturated carbocycles. The number of hydrogen-bond acceptors (Lipinski definition) is 12. The zero-order valence-corrected chi connectivity index (χ0v) is 19.4. The van der Waals surface area contributed by atoms with E-state index in [4.69, 9.17) is 10.9 Å². The molecule has 3 heterocycles. The Hall–Kier alpha value is -2.25. The molecule has 0 spiro atoms. The van der Waals surface area contributed by atoms with Gasteiger partial charge in [-0.15, -0.1) is 0 Å². The van der Waals surface area contributed by atoms with Crippen LogP contribution in [0.5, 0.6) is 0 Å². The number of sulfonamides is 2. The molecule has 2 aliphatic heterocycles. The van der Waals surface area contributed by atoms with Gasteiger partial charge in [0, 0.05) is 30.3 Å².